The number of carbonyl (C=O) groups is 3. The molecule has 0 aliphatic carbocycles. The van der Waals surface area contributed by atoms with Gasteiger partial charge in [-0.05, 0) is 19.3 Å². The number of rotatable bonds is 6. The summed E-state index contributed by atoms with van der Waals surface area (Å²) in [6, 6.07) is -0.670. The molecule has 0 aromatic heterocycles. The van der Waals surface area contributed by atoms with Crippen LogP contribution in [-0.4, -0.2) is 30.8 Å². The summed E-state index contributed by atoms with van der Waals surface area (Å²) in [5, 5.41) is 2.50. The fourth-order valence-corrected chi connectivity index (χ4v) is 1.30. The highest BCUT2D eigenvalue weighted by molar-refractivity contribution is 5.98. The number of amides is 1. The SMILES string of the molecule is COC(=O)[C@H](CC(C)C)NC(=O)CC(C)=O. The molecule has 0 saturated carbocycles. The molecule has 0 saturated heterocycles. The van der Waals surface area contributed by atoms with Crippen LogP contribution in [0.4, 0.5) is 0 Å². The predicted octanol–water partition coefficient (Wildman–Crippen LogP) is 0.669. The van der Waals surface area contributed by atoms with Crippen LogP contribution in [0.2, 0.25) is 0 Å². The monoisotopic (exact) mass is 229 g/mol. The van der Waals surface area contributed by atoms with Gasteiger partial charge in [0.05, 0.1) is 13.5 Å². The third-order valence-corrected chi connectivity index (χ3v) is 1.94. The van der Waals surface area contributed by atoms with Crippen LogP contribution in [0.15, 0.2) is 0 Å². The number of esters is 1. The van der Waals surface area contributed by atoms with Crippen LogP contribution in [-0.2, 0) is 19.1 Å². The summed E-state index contributed by atoms with van der Waals surface area (Å²) in [7, 11) is 1.27. The molecule has 0 spiro atoms. The minimum atomic E-state index is -0.670. The highest BCUT2D eigenvalue weighted by Crippen LogP contribution is 2.06. The Kier molecular flexibility index (Phi) is 6.37. The van der Waals surface area contributed by atoms with Gasteiger partial charge in [-0.15, -0.1) is 0 Å². The molecular formula is C11H19NO4. The van der Waals surface area contributed by atoms with Crippen LogP contribution in [0.1, 0.15) is 33.6 Å². The van der Waals surface area contributed by atoms with Gasteiger partial charge in [0.15, 0.2) is 0 Å². The Morgan fingerprint density at radius 3 is 2.19 bits per heavy atom. The van der Waals surface area contributed by atoms with Crippen molar-refractivity contribution < 1.29 is 19.1 Å². The summed E-state index contributed by atoms with van der Waals surface area (Å²) >= 11 is 0. The highest BCUT2D eigenvalue weighted by atomic mass is 16.5. The molecule has 0 aromatic rings. The Balaban J connectivity index is 4.36. The summed E-state index contributed by atoms with van der Waals surface area (Å²) in [5.74, 6) is -0.901. The Hall–Kier alpha value is -1.39. The molecule has 0 heterocycles. The first-order valence-corrected chi connectivity index (χ1v) is 5.23. The van der Waals surface area contributed by atoms with Crippen molar-refractivity contribution in [1.29, 1.82) is 0 Å². The lowest BCUT2D eigenvalue weighted by atomic mass is 10.0. The summed E-state index contributed by atoms with van der Waals surface area (Å²) in [4.78, 5) is 33.4. The molecule has 1 atom stereocenters. The van der Waals surface area contributed by atoms with Crippen molar-refractivity contribution in [3.05, 3.63) is 0 Å². The zero-order chi connectivity index (χ0) is 12.7. The molecule has 0 aliphatic heterocycles. The number of methoxy groups -OCH3 is 1. The van der Waals surface area contributed by atoms with Crippen LogP contribution >= 0.6 is 0 Å². The lowest BCUT2D eigenvalue weighted by Crippen LogP contribution is -2.42. The van der Waals surface area contributed by atoms with Gasteiger partial charge in [-0.2, -0.15) is 0 Å². The Morgan fingerprint density at radius 1 is 1.25 bits per heavy atom. The van der Waals surface area contributed by atoms with Gasteiger partial charge in [-0.3, -0.25) is 9.59 Å². The second-order valence-corrected chi connectivity index (χ2v) is 4.15. The molecule has 1 N–H and O–H groups in total. The zero-order valence-electron chi connectivity index (χ0n) is 10.2. The molecular weight excluding hydrogens is 210 g/mol. The van der Waals surface area contributed by atoms with E-state index in [-0.39, 0.29) is 18.1 Å². The molecule has 16 heavy (non-hydrogen) atoms. The number of hydrogen-bond acceptors (Lipinski definition) is 4. The molecule has 5 heteroatoms. The standard InChI is InChI=1S/C11H19NO4/c1-7(2)5-9(11(15)16-4)12-10(14)6-8(3)13/h7,9H,5-6H2,1-4H3,(H,12,14)/t9-/m0/s1. The van der Waals surface area contributed by atoms with Gasteiger partial charge in [0.1, 0.15) is 11.8 Å². The van der Waals surface area contributed by atoms with Crippen molar-refractivity contribution in [2.45, 2.75) is 39.7 Å². The maximum atomic E-state index is 11.3. The van der Waals surface area contributed by atoms with Gasteiger partial charge >= 0.3 is 5.97 Å². The number of Topliss-reactive ketones (excluding diaryl/α,β-unsaturated/α-hetero) is 1. The van der Waals surface area contributed by atoms with Crippen LogP contribution in [0.25, 0.3) is 0 Å². The molecule has 0 rings (SSSR count). The molecule has 5 nitrogen and oxygen atoms in total. The lowest BCUT2D eigenvalue weighted by molar-refractivity contribution is -0.146. The summed E-state index contributed by atoms with van der Waals surface area (Å²) in [6.45, 7) is 5.20. The first kappa shape index (κ1) is 14.6. The van der Waals surface area contributed by atoms with Gasteiger partial charge in [0.25, 0.3) is 0 Å². The molecule has 0 aliphatic rings. The first-order valence-electron chi connectivity index (χ1n) is 5.23. The maximum absolute atomic E-state index is 11.3. The minimum absolute atomic E-state index is 0.203. The second kappa shape index (κ2) is 6.98. The number of hydrogen-bond donors (Lipinski definition) is 1. The number of ether oxygens (including phenoxy) is 1. The van der Waals surface area contributed by atoms with Crippen LogP contribution in [0.5, 0.6) is 0 Å². The highest BCUT2D eigenvalue weighted by Gasteiger charge is 2.22. The summed E-state index contributed by atoms with van der Waals surface area (Å²) < 4.78 is 4.58. The number of carbonyl (C=O) groups excluding carboxylic acids is 3. The van der Waals surface area contributed by atoms with E-state index in [0.29, 0.717) is 6.42 Å². The molecule has 0 fully saturated rings. The van der Waals surface area contributed by atoms with Gasteiger partial charge in [0, 0.05) is 0 Å². The van der Waals surface area contributed by atoms with Gasteiger partial charge in [0.2, 0.25) is 5.91 Å². The van der Waals surface area contributed by atoms with E-state index in [1.54, 1.807) is 0 Å². The minimum Gasteiger partial charge on any atom is -0.467 e. The Bertz CT molecular complexity index is 273. The van der Waals surface area contributed by atoms with E-state index in [0.717, 1.165) is 0 Å². The van der Waals surface area contributed by atoms with Crippen molar-refractivity contribution in [1.82, 2.24) is 5.32 Å². The molecule has 0 radical (unpaired) electrons. The van der Waals surface area contributed by atoms with E-state index in [4.69, 9.17) is 0 Å². The van der Waals surface area contributed by atoms with Crippen molar-refractivity contribution in [2.24, 2.45) is 5.92 Å². The fraction of sp³-hybridized carbons (Fsp3) is 0.727. The molecule has 0 unspecified atom stereocenters. The van der Waals surface area contributed by atoms with E-state index in [2.05, 4.69) is 10.1 Å². The number of nitrogens with one attached hydrogen (secondary N) is 1. The normalized spacial score (nSPS) is 12.1. The molecule has 0 aromatic carbocycles. The Labute approximate surface area is 95.5 Å². The van der Waals surface area contributed by atoms with E-state index >= 15 is 0 Å². The average molecular weight is 229 g/mol. The van der Waals surface area contributed by atoms with E-state index in [9.17, 15) is 14.4 Å². The first-order chi connectivity index (χ1) is 7.36. The van der Waals surface area contributed by atoms with Crippen LogP contribution in [0.3, 0.4) is 0 Å². The third-order valence-electron chi connectivity index (χ3n) is 1.94. The maximum Gasteiger partial charge on any atom is 0.328 e. The number of ketones is 1. The average Bonchev–Trinajstić information content (AvgIpc) is 2.13. The second-order valence-electron chi connectivity index (χ2n) is 4.15. The van der Waals surface area contributed by atoms with E-state index < -0.39 is 17.9 Å². The van der Waals surface area contributed by atoms with Gasteiger partial charge < -0.3 is 10.1 Å². The smallest absolute Gasteiger partial charge is 0.328 e. The fourth-order valence-electron chi connectivity index (χ4n) is 1.30. The molecule has 0 bridgehead atoms. The van der Waals surface area contributed by atoms with Crippen molar-refractivity contribution in [3.63, 3.8) is 0 Å². The zero-order valence-corrected chi connectivity index (χ0v) is 10.2. The van der Waals surface area contributed by atoms with Crippen molar-refractivity contribution >= 4 is 17.7 Å². The lowest BCUT2D eigenvalue weighted by Gasteiger charge is -2.17. The van der Waals surface area contributed by atoms with Crippen molar-refractivity contribution in [2.75, 3.05) is 7.11 Å². The summed E-state index contributed by atoms with van der Waals surface area (Å²) in [6.07, 6.45) is 0.294. The Morgan fingerprint density at radius 2 is 1.81 bits per heavy atom. The largest absolute Gasteiger partial charge is 0.467 e. The quantitative estimate of drug-likeness (QED) is 0.536. The summed E-state index contributed by atoms with van der Waals surface area (Å²) in [5.41, 5.74) is 0. The van der Waals surface area contributed by atoms with Gasteiger partial charge in [-0.25, -0.2) is 4.79 Å². The van der Waals surface area contributed by atoms with Gasteiger partial charge in [-0.1, -0.05) is 13.8 Å². The third kappa shape index (κ3) is 6.16. The van der Waals surface area contributed by atoms with Crippen LogP contribution in [0, 0.1) is 5.92 Å². The topological polar surface area (TPSA) is 72.5 Å². The van der Waals surface area contributed by atoms with Crippen molar-refractivity contribution in [3.8, 4) is 0 Å². The predicted molar refractivity (Wildman–Crippen MR) is 58.7 cm³/mol. The molecule has 1 amide bonds. The van der Waals surface area contributed by atoms with E-state index in [1.165, 1.54) is 14.0 Å². The van der Waals surface area contributed by atoms with E-state index in [1.807, 2.05) is 13.8 Å². The van der Waals surface area contributed by atoms with Crippen LogP contribution < -0.4 is 5.32 Å². The molecule has 92 valence electrons.